The number of hydrazone groups is 1. The highest BCUT2D eigenvalue weighted by atomic mass is 16.2. The Morgan fingerprint density at radius 1 is 1.09 bits per heavy atom. The van der Waals surface area contributed by atoms with E-state index in [1.807, 2.05) is 47.3 Å². The number of fused-ring (bicyclic) bond motifs is 1. The molecule has 2 heterocycles. The maximum Gasteiger partial charge on any atom is 0.271 e. The largest absolute Gasteiger partial charge is 0.362 e. The third-order valence-electron chi connectivity index (χ3n) is 5.84. The van der Waals surface area contributed by atoms with Crippen molar-refractivity contribution in [3.05, 3.63) is 89.8 Å². The van der Waals surface area contributed by atoms with Crippen LogP contribution in [-0.2, 0) is 0 Å². The van der Waals surface area contributed by atoms with E-state index in [9.17, 15) is 4.79 Å². The third-order valence-corrected chi connectivity index (χ3v) is 5.84. The molecule has 1 amide bonds. The lowest BCUT2D eigenvalue weighted by molar-refractivity contribution is 0.0955. The lowest BCUT2D eigenvalue weighted by Gasteiger charge is -2.43. The van der Waals surface area contributed by atoms with Gasteiger partial charge in [-0.3, -0.25) is 4.79 Å². The van der Waals surface area contributed by atoms with Gasteiger partial charge in [-0.15, -0.1) is 0 Å². The molecule has 1 aromatic heterocycles. The van der Waals surface area contributed by atoms with Gasteiger partial charge in [0.15, 0.2) is 0 Å². The average molecular weight is 427 g/mol. The zero-order chi connectivity index (χ0) is 22.7. The molecule has 0 radical (unpaired) electrons. The van der Waals surface area contributed by atoms with Crippen molar-refractivity contribution in [3.8, 4) is 5.69 Å². The number of carbonyl (C=O) groups is 1. The van der Waals surface area contributed by atoms with Gasteiger partial charge in [-0.25, -0.2) is 5.43 Å². The van der Waals surface area contributed by atoms with Crippen molar-refractivity contribution in [2.75, 3.05) is 11.4 Å². The summed E-state index contributed by atoms with van der Waals surface area (Å²) in [7, 11) is 0. The molecule has 0 saturated heterocycles. The Bertz CT molecular complexity index is 1170. The van der Waals surface area contributed by atoms with Gasteiger partial charge in [0, 0.05) is 41.4 Å². The first kappa shape index (κ1) is 21.6. The molecular formula is C27H30N4O. The van der Waals surface area contributed by atoms with E-state index in [2.05, 4.69) is 67.4 Å². The van der Waals surface area contributed by atoms with Gasteiger partial charge < -0.3 is 9.47 Å². The topological polar surface area (TPSA) is 49.6 Å². The highest BCUT2D eigenvalue weighted by Gasteiger charge is 2.30. The Balaban J connectivity index is 1.50. The lowest BCUT2D eigenvalue weighted by atomic mass is 9.88. The number of benzene rings is 2. The zero-order valence-corrected chi connectivity index (χ0v) is 19.2. The van der Waals surface area contributed by atoms with Crippen molar-refractivity contribution < 1.29 is 4.79 Å². The Morgan fingerprint density at radius 3 is 2.62 bits per heavy atom. The molecular weight excluding hydrogens is 396 g/mol. The molecule has 5 heteroatoms. The Kier molecular flexibility index (Phi) is 5.99. The monoisotopic (exact) mass is 426 g/mol. The van der Waals surface area contributed by atoms with Crippen LogP contribution >= 0.6 is 0 Å². The second-order valence-electron chi connectivity index (χ2n) is 8.75. The molecule has 0 fully saturated rings. The number of allylic oxidation sites excluding steroid dienone is 1. The third kappa shape index (κ3) is 4.37. The minimum absolute atomic E-state index is 0.00807. The van der Waals surface area contributed by atoms with Crippen LogP contribution in [0.3, 0.4) is 0 Å². The van der Waals surface area contributed by atoms with Gasteiger partial charge in [0.1, 0.15) is 0 Å². The second-order valence-corrected chi connectivity index (χ2v) is 8.75. The van der Waals surface area contributed by atoms with E-state index >= 15 is 0 Å². The van der Waals surface area contributed by atoms with E-state index in [0.717, 1.165) is 24.2 Å². The van der Waals surface area contributed by atoms with E-state index in [0.29, 0.717) is 5.56 Å². The summed E-state index contributed by atoms with van der Waals surface area (Å²) in [6.07, 6.45) is 9.02. The fourth-order valence-corrected chi connectivity index (χ4v) is 4.36. The van der Waals surface area contributed by atoms with Crippen molar-refractivity contribution in [1.29, 1.82) is 0 Å². The summed E-state index contributed by atoms with van der Waals surface area (Å²) in [4.78, 5) is 15.0. The van der Waals surface area contributed by atoms with Crippen LogP contribution in [0.4, 0.5) is 5.69 Å². The van der Waals surface area contributed by atoms with E-state index in [1.54, 1.807) is 12.3 Å². The van der Waals surface area contributed by atoms with Crippen molar-refractivity contribution in [3.63, 3.8) is 0 Å². The second kappa shape index (κ2) is 8.87. The van der Waals surface area contributed by atoms with Crippen molar-refractivity contribution >= 4 is 23.4 Å². The molecule has 1 N–H and O–H groups in total. The molecule has 1 aliphatic heterocycles. The molecule has 164 valence electrons. The van der Waals surface area contributed by atoms with Gasteiger partial charge in [-0.2, -0.15) is 5.10 Å². The molecule has 5 nitrogen and oxygen atoms in total. The summed E-state index contributed by atoms with van der Waals surface area (Å²) in [5.41, 5.74) is 8.82. The van der Waals surface area contributed by atoms with Gasteiger partial charge >= 0.3 is 0 Å². The van der Waals surface area contributed by atoms with Crippen LogP contribution in [-0.4, -0.2) is 28.8 Å². The Hall–Kier alpha value is -3.60. The molecule has 0 atom stereocenters. The fraction of sp³-hybridized carbons (Fsp3) is 0.259. The van der Waals surface area contributed by atoms with Crippen LogP contribution < -0.4 is 10.3 Å². The van der Waals surface area contributed by atoms with Crippen LogP contribution in [0.15, 0.2) is 78.2 Å². The summed E-state index contributed by atoms with van der Waals surface area (Å²) < 4.78 is 1.96. The number of rotatable bonds is 6. The van der Waals surface area contributed by atoms with Gasteiger partial charge in [-0.05, 0) is 80.8 Å². The Morgan fingerprint density at radius 2 is 1.88 bits per heavy atom. The summed E-state index contributed by atoms with van der Waals surface area (Å²) >= 11 is 0. The average Bonchev–Trinajstić information content (AvgIpc) is 3.31. The Labute approximate surface area is 190 Å². The quantitative estimate of drug-likeness (QED) is 0.409. The fourth-order valence-electron chi connectivity index (χ4n) is 4.36. The van der Waals surface area contributed by atoms with Crippen LogP contribution in [0.25, 0.3) is 11.3 Å². The van der Waals surface area contributed by atoms with E-state index in [4.69, 9.17) is 0 Å². The highest BCUT2D eigenvalue weighted by molar-refractivity contribution is 5.95. The normalized spacial score (nSPS) is 14.9. The van der Waals surface area contributed by atoms with Crippen LogP contribution in [0.1, 0.15) is 55.6 Å². The first-order valence-corrected chi connectivity index (χ1v) is 11.1. The van der Waals surface area contributed by atoms with Gasteiger partial charge in [0.05, 0.1) is 11.8 Å². The van der Waals surface area contributed by atoms with Crippen molar-refractivity contribution in [2.45, 2.75) is 39.7 Å². The van der Waals surface area contributed by atoms with Crippen LogP contribution in [0, 0.1) is 0 Å². The number of hydrogen-bond acceptors (Lipinski definition) is 3. The number of nitrogens with zero attached hydrogens (tertiary/aromatic N) is 3. The maximum atomic E-state index is 12.6. The number of amides is 1. The standard InChI is InChI=1S/C27H30N4O/c1-5-13-31-25-12-11-21(16-24(25)20(2)18-27(31,3)4)19-28-29-26(32)22-9-8-10-23(17-22)30-14-6-7-15-30/h6-12,14-19H,5,13H2,1-4H3,(H,29,32)/b28-19+. The molecule has 3 aromatic rings. The number of anilines is 1. The molecule has 32 heavy (non-hydrogen) atoms. The molecule has 0 bridgehead atoms. The first-order valence-electron chi connectivity index (χ1n) is 11.1. The van der Waals surface area contributed by atoms with Crippen LogP contribution in [0.5, 0.6) is 0 Å². The van der Waals surface area contributed by atoms with E-state index < -0.39 is 0 Å². The molecule has 4 rings (SSSR count). The first-order chi connectivity index (χ1) is 15.4. The number of aromatic nitrogens is 1. The molecule has 0 unspecified atom stereocenters. The summed E-state index contributed by atoms with van der Waals surface area (Å²) in [5, 5.41) is 4.20. The van der Waals surface area contributed by atoms with Gasteiger partial charge in [-0.1, -0.05) is 25.1 Å². The molecule has 2 aromatic carbocycles. The van der Waals surface area contributed by atoms with Crippen molar-refractivity contribution in [1.82, 2.24) is 9.99 Å². The predicted octanol–water partition coefficient (Wildman–Crippen LogP) is 5.65. The minimum atomic E-state index is -0.236. The van der Waals surface area contributed by atoms with Gasteiger partial charge in [0.25, 0.3) is 5.91 Å². The SMILES string of the molecule is CCCN1c2ccc(/C=N/NC(=O)c3cccc(-n4cccc4)c3)cc2C(C)=CC1(C)C. The summed E-state index contributed by atoms with van der Waals surface area (Å²) in [5.74, 6) is -0.236. The predicted molar refractivity (Wildman–Crippen MR) is 133 cm³/mol. The van der Waals surface area contributed by atoms with Crippen molar-refractivity contribution in [2.24, 2.45) is 5.10 Å². The number of carbonyl (C=O) groups excluding carboxylic acids is 1. The number of hydrogen-bond donors (Lipinski definition) is 1. The number of nitrogens with one attached hydrogen (secondary N) is 1. The lowest BCUT2D eigenvalue weighted by Crippen LogP contribution is -2.45. The molecule has 1 aliphatic rings. The molecule has 0 spiro atoms. The molecule has 0 aliphatic carbocycles. The van der Waals surface area contributed by atoms with E-state index in [1.165, 1.54) is 16.8 Å². The summed E-state index contributed by atoms with van der Waals surface area (Å²) in [6, 6.07) is 17.7. The smallest absolute Gasteiger partial charge is 0.271 e. The highest BCUT2D eigenvalue weighted by Crippen LogP contribution is 2.39. The van der Waals surface area contributed by atoms with Crippen LogP contribution in [0.2, 0.25) is 0 Å². The minimum Gasteiger partial charge on any atom is -0.362 e. The zero-order valence-electron chi connectivity index (χ0n) is 19.2. The van der Waals surface area contributed by atoms with Gasteiger partial charge in [0.2, 0.25) is 0 Å². The maximum absolute atomic E-state index is 12.6. The summed E-state index contributed by atoms with van der Waals surface area (Å²) in [6.45, 7) is 9.88. The van der Waals surface area contributed by atoms with E-state index in [-0.39, 0.29) is 11.4 Å². The molecule has 0 saturated carbocycles.